The van der Waals surface area contributed by atoms with E-state index in [9.17, 15) is 14.4 Å². The van der Waals surface area contributed by atoms with Crippen molar-refractivity contribution < 1.29 is 14.7 Å². The molecular weight excluding hydrogens is 248 g/mol. The lowest BCUT2D eigenvalue weighted by atomic mass is 9.66. The molecule has 3 N–H and O–H groups in total. The average Bonchev–Trinajstić information content (AvgIpc) is 2.32. The second kappa shape index (κ2) is 5.26. The Morgan fingerprint density at radius 2 is 2.11 bits per heavy atom. The molecule has 6 heteroatoms. The summed E-state index contributed by atoms with van der Waals surface area (Å²) in [5.41, 5.74) is -0.203. The topological polar surface area (TPSA) is 99.3 Å². The standard InChI is InChI=1S/C13H16N2O4/c16-10-3-2-9(7-14-10)12(19)15-8-13(4-1-5-13)6-11(17)18/h2-3,7H,1,4-6,8H2,(H,14,16)(H,15,19)(H,17,18). The Morgan fingerprint density at radius 3 is 2.58 bits per heavy atom. The van der Waals surface area contributed by atoms with Crippen molar-refractivity contribution in [1.29, 1.82) is 0 Å². The Bertz CT molecular complexity index is 525. The van der Waals surface area contributed by atoms with Crippen LogP contribution in [0.5, 0.6) is 0 Å². The third-order valence-corrected chi connectivity index (χ3v) is 3.61. The van der Waals surface area contributed by atoms with Crippen LogP contribution in [-0.2, 0) is 4.79 Å². The van der Waals surface area contributed by atoms with Crippen molar-refractivity contribution in [1.82, 2.24) is 10.3 Å². The number of aromatic nitrogens is 1. The van der Waals surface area contributed by atoms with Crippen LogP contribution >= 0.6 is 0 Å². The van der Waals surface area contributed by atoms with Gasteiger partial charge < -0.3 is 15.4 Å². The summed E-state index contributed by atoms with van der Waals surface area (Å²) in [7, 11) is 0. The molecule has 0 unspecified atom stereocenters. The fourth-order valence-corrected chi connectivity index (χ4v) is 2.34. The molecule has 1 amide bonds. The highest BCUT2D eigenvalue weighted by Crippen LogP contribution is 2.43. The van der Waals surface area contributed by atoms with E-state index in [4.69, 9.17) is 5.11 Å². The van der Waals surface area contributed by atoms with Gasteiger partial charge in [-0.1, -0.05) is 6.42 Å². The molecule has 0 bridgehead atoms. The Morgan fingerprint density at radius 1 is 1.37 bits per heavy atom. The van der Waals surface area contributed by atoms with E-state index >= 15 is 0 Å². The van der Waals surface area contributed by atoms with Crippen molar-refractivity contribution in [2.24, 2.45) is 5.41 Å². The maximum atomic E-state index is 11.8. The molecule has 2 rings (SSSR count). The first-order chi connectivity index (χ1) is 9.01. The molecule has 0 radical (unpaired) electrons. The summed E-state index contributed by atoms with van der Waals surface area (Å²) in [4.78, 5) is 36.0. The van der Waals surface area contributed by atoms with Crippen molar-refractivity contribution in [3.05, 3.63) is 34.2 Å². The number of hydrogen-bond donors (Lipinski definition) is 3. The van der Waals surface area contributed by atoms with Crippen LogP contribution in [0.4, 0.5) is 0 Å². The van der Waals surface area contributed by atoms with Gasteiger partial charge in [0, 0.05) is 18.8 Å². The van der Waals surface area contributed by atoms with E-state index < -0.39 is 5.97 Å². The van der Waals surface area contributed by atoms with Gasteiger partial charge in [0.25, 0.3) is 5.91 Å². The first-order valence-electron chi connectivity index (χ1n) is 6.20. The molecule has 0 aliphatic heterocycles. The summed E-state index contributed by atoms with van der Waals surface area (Å²) < 4.78 is 0. The third kappa shape index (κ3) is 3.21. The van der Waals surface area contributed by atoms with Crippen LogP contribution < -0.4 is 10.9 Å². The van der Waals surface area contributed by atoms with Gasteiger partial charge >= 0.3 is 5.97 Å². The fourth-order valence-electron chi connectivity index (χ4n) is 2.34. The van der Waals surface area contributed by atoms with Crippen LogP contribution in [0.15, 0.2) is 23.1 Å². The number of aromatic amines is 1. The van der Waals surface area contributed by atoms with E-state index in [2.05, 4.69) is 10.3 Å². The van der Waals surface area contributed by atoms with Crippen LogP contribution in [0.25, 0.3) is 0 Å². The fraction of sp³-hybridized carbons (Fsp3) is 0.462. The number of carboxylic acid groups (broad SMARTS) is 1. The van der Waals surface area contributed by atoms with Crippen LogP contribution in [0, 0.1) is 5.41 Å². The number of pyridine rings is 1. The lowest BCUT2D eigenvalue weighted by molar-refractivity contribution is -0.141. The minimum absolute atomic E-state index is 0.0822. The van der Waals surface area contributed by atoms with Crippen LogP contribution in [0.2, 0.25) is 0 Å². The lowest BCUT2D eigenvalue weighted by Crippen LogP contribution is -2.43. The Labute approximate surface area is 109 Å². The summed E-state index contributed by atoms with van der Waals surface area (Å²) in [6.45, 7) is 0.358. The van der Waals surface area contributed by atoms with Crippen LogP contribution in [0.1, 0.15) is 36.0 Å². The number of carbonyl (C=O) groups excluding carboxylic acids is 1. The molecule has 0 atom stereocenters. The van der Waals surface area contributed by atoms with Crippen molar-refractivity contribution in [3.8, 4) is 0 Å². The Kier molecular flexibility index (Phi) is 3.69. The average molecular weight is 264 g/mol. The number of carbonyl (C=O) groups is 2. The van der Waals surface area contributed by atoms with Gasteiger partial charge in [-0.25, -0.2) is 0 Å². The normalized spacial score (nSPS) is 16.4. The molecule has 1 aliphatic carbocycles. The second-order valence-corrected chi connectivity index (χ2v) is 5.05. The van der Waals surface area contributed by atoms with E-state index in [0.29, 0.717) is 12.1 Å². The number of H-pyrrole nitrogens is 1. The first kappa shape index (κ1) is 13.3. The maximum Gasteiger partial charge on any atom is 0.303 e. The molecule has 19 heavy (non-hydrogen) atoms. The predicted molar refractivity (Wildman–Crippen MR) is 67.9 cm³/mol. The Balaban J connectivity index is 1.94. The maximum absolute atomic E-state index is 11.8. The minimum atomic E-state index is -0.835. The highest BCUT2D eigenvalue weighted by molar-refractivity contribution is 5.93. The van der Waals surface area contributed by atoms with Gasteiger partial charge in [0.15, 0.2) is 0 Å². The number of amides is 1. The quantitative estimate of drug-likeness (QED) is 0.730. The van der Waals surface area contributed by atoms with Gasteiger partial charge in [-0.3, -0.25) is 14.4 Å². The van der Waals surface area contributed by atoms with Gasteiger partial charge in [0.1, 0.15) is 0 Å². The van der Waals surface area contributed by atoms with Crippen molar-refractivity contribution in [3.63, 3.8) is 0 Å². The molecule has 0 spiro atoms. The molecule has 1 aliphatic rings. The van der Waals surface area contributed by atoms with E-state index in [0.717, 1.165) is 19.3 Å². The molecule has 102 valence electrons. The van der Waals surface area contributed by atoms with Crippen molar-refractivity contribution in [2.45, 2.75) is 25.7 Å². The second-order valence-electron chi connectivity index (χ2n) is 5.05. The number of carboxylic acids is 1. The molecular formula is C13H16N2O4. The molecule has 0 aromatic carbocycles. The highest BCUT2D eigenvalue weighted by atomic mass is 16.4. The molecule has 6 nitrogen and oxygen atoms in total. The molecule has 1 aromatic heterocycles. The Hall–Kier alpha value is -2.11. The summed E-state index contributed by atoms with van der Waals surface area (Å²) in [6.07, 6.45) is 4.08. The van der Waals surface area contributed by atoms with Gasteiger partial charge in [-0.05, 0) is 24.3 Å². The molecule has 0 saturated heterocycles. The van der Waals surface area contributed by atoms with Crippen molar-refractivity contribution in [2.75, 3.05) is 6.54 Å². The zero-order valence-electron chi connectivity index (χ0n) is 10.4. The molecule has 1 heterocycles. The number of nitrogens with one attached hydrogen (secondary N) is 2. The van der Waals surface area contributed by atoms with Gasteiger partial charge in [-0.15, -0.1) is 0 Å². The van der Waals surface area contributed by atoms with Crippen molar-refractivity contribution >= 4 is 11.9 Å². The summed E-state index contributed by atoms with van der Waals surface area (Å²) in [5.74, 6) is -1.13. The predicted octanol–water partition coefficient (Wildman–Crippen LogP) is 0.750. The van der Waals surface area contributed by atoms with E-state index in [1.165, 1.54) is 18.3 Å². The largest absolute Gasteiger partial charge is 0.481 e. The smallest absolute Gasteiger partial charge is 0.303 e. The van der Waals surface area contributed by atoms with E-state index in [1.54, 1.807) is 0 Å². The highest BCUT2D eigenvalue weighted by Gasteiger charge is 2.39. The van der Waals surface area contributed by atoms with Crippen LogP contribution in [-0.4, -0.2) is 28.5 Å². The number of rotatable bonds is 5. The first-order valence-corrected chi connectivity index (χ1v) is 6.20. The zero-order chi connectivity index (χ0) is 13.9. The monoisotopic (exact) mass is 264 g/mol. The summed E-state index contributed by atoms with van der Waals surface area (Å²) in [6, 6.07) is 2.73. The van der Waals surface area contributed by atoms with Gasteiger partial charge in [0.05, 0.1) is 12.0 Å². The van der Waals surface area contributed by atoms with Gasteiger partial charge in [0.2, 0.25) is 5.56 Å². The number of aliphatic carboxylic acids is 1. The number of hydrogen-bond acceptors (Lipinski definition) is 3. The summed E-state index contributed by atoms with van der Waals surface area (Å²) in [5, 5.41) is 11.6. The SMILES string of the molecule is O=C(O)CC1(CNC(=O)c2ccc(=O)[nH]c2)CCC1. The third-order valence-electron chi connectivity index (χ3n) is 3.61. The van der Waals surface area contributed by atoms with Gasteiger partial charge in [-0.2, -0.15) is 0 Å². The molecule has 1 saturated carbocycles. The zero-order valence-corrected chi connectivity index (χ0v) is 10.4. The molecule has 1 aromatic rings. The molecule has 1 fully saturated rings. The van der Waals surface area contributed by atoms with E-state index in [1.807, 2.05) is 0 Å². The van der Waals surface area contributed by atoms with Crippen LogP contribution in [0.3, 0.4) is 0 Å². The van der Waals surface area contributed by atoms with E-state index in [-0.39, 0.29) is 23.3 Å². The lowest BCUT2D eigenvalue weighted by Gasteiger charge is -2.40. The summed E-state index contributed by atoms with van der Waals surface area (Å²) >= 11 is 0. The minimum Gasteiger partial charge on any atom is -0.481 e.